The van der Waals surface area contributed by atoms with Crippen molar-refractivity contribution in [1.82, 2.24) is 4.98 Å². The normalized spacial score (nSPS) is 17.8. The molecule has 0 N–H and O–H groups in total. The van der Waals surface area contributed by atoms with E-state index in [1.165, 1.54) is 39.8 Å². The monoisotopic (exact) mass is 393 g/mol. The third kappa shape index (κ3) is 3.27. The van der Waals surface area contributed by atoms with Gasteiger partial charge in [-0.1, -0.05) is 62.4 Å². The van der Waals surface area contributed by atoms with Crippen LogP contribution in [0.25, 0.3) is 33.2 Å². The molecular weight excluding hydrogens is 366 g/mol. The number of aromatic nitrogens is 1. The van der Waals surface area contributed by atoms with Gasteiger partial charge in [-0.15, -0.1) is 0 Å². The van der Waals surface area contributed by atoms with Crippen LogP contribution in [0.15, 0.2) is 72.9 Å². The van der Waals surface area contributed by atoms with Gasteiger partial charge in [0.25, 0.3) is 0 Å². The Balaban J connectivity index is 1.70. The molecule has 1 aliphatic rings. The second kappa shape index (κ2) is 7.60. The number of nitrogens with zero attached hydrogens (tertiary/aromatic N) is 1. The van der Waals surface area contributed by atoms with Crippen molar-refractivity contribution in [2.24, 2.45) is 5.92 Å². The number of hydrogen-bond donors (Lipinski definition) is 0. The molecule has 2 unspecified atom stereocenters. The molecule has 0 saturated heterocycles. The number of pyridine rings is 1. The first-order chi connectivity index (χ1) is 14.7. The van der Waals surface area contributed by atoms with E-state index in [9.17, 15) is 0 Å². The van der Waals surface area contributed by atoms with Crippen LogP contribution in [-0.2, 0) is 6.42 Å². The van der Waals surface area contributed by atoms with E-state index in [4.69, 9.17) is 4.74 Å². The van der Waals surface area contributed by atoms with Crippen LogP contribution in [0.2, 0.25) is 0 Å². The summed E-state index contributed by atoms with van der Waals surface area (Å²) < 4.78 is 5.60. The largest absolute Gasteiger partial charge is 0.496 e. The number of rotatable bonds is 5. The van der Waals surface area contributed by atoms with Gasteiger partial charge in [0.1, 0.15) is 5.75 Å². The molecule has 1 heterocycles. The van der Waals surface area contributed by atoms with Crippen molar-refractivity contribution >= 4 is 10.9 Å². The second-order valence-electron chi connectivity index (χ2n) is 8.38. The maximum atomic E-state index is 5.60. The summed E-state index contributed by atoms with van der Waals surface area (Å²) >= 11 is 0. The van der Waals surface area contributed by atoms with Gasteiger partial charge in [-0.05, 0) is 76.3 Å². The Bertz CT molecular complexity index is 1230. The van der Waals surface area contributed by atoms with Gasteiger partial charge >= 0.3 is 0 Å². The van der Waals surface area contributed by atoms with Crippen molar-refractivity contribution in [2.75, 3.05) is 7.11 Å². The molecule has 0 spiro atoms. The van der Waals surface area contributed by atoms with Crippen LogP contribution in [-0.4, -0.2) is 12.1 Å². The molecule has 1 aromatic heterocycles. The molecule has 2 nitrogen and oxygen atoms in total. The summed E-state index contributed by atoms with van der Waals surface area (Å²) in [5.74, 6) is 2.39. The van der Waals surface area contributed by atoms with Crippen LogP contribution < -0.4 is 4.74 Å². The lowest BCUT2D eigenvalue weighted by molar-refractivity contribution is 0.419. The molecule has 4 aromatic rings. The molecule has 1 aliphatic carbocycles. The highest BCUT2D eigenvalue weighted by Crippen LogP contribution is 2.48. The van der Waals surface area contributed by atoms with E-state index >= 15 is 0 Å². The summed E-state index contributed by atoms with van der Waals surface area (Å²) in [6.07, 6.45) is 4.11. The minimum absolute atomic E-state index is 0.721. The average Bonchev–Trinajstić information content (AvgIpc) is 3.54. The first kappa shape index (κ1) is 18.9. The zero-order chi connectivity index (χ0) is 20.7. The van der Waals surface area contributed by atoms with Crippen LogP contribution in [0.4, 0.5) is 0 Å². The van der Waals surface area contributed by atoms with E-state index in [1.54, 1.807) is 13.3 Å². The Morgan fingerprint density at radius 3 is 2.57 bits per heavy atom. The topological polar surface area (TPSA) is 22.1 Å². The highest BCUT2D eigenvalue weighted by atomic mass is 16.5. The van der Waals surface area contributed by atoms with Gasteiger partial charge in [0.2, 0.25) is 0 Å². The summed E-state index contributed by atoms with van der Waals surface area (Å²) in [5, 5.41) is 1.05. The zero-order valence-corrected chi connectivity index (χ0v) is 17.9. The smallest absolute Gasteiger partial charge is 0.129 e. The number of methoxy groups -OCH3 is 1. The molecule has 3 aromatic carbocycles. The molecule has 5 rings (SSSR count). The SMILES string of the molecule is CCc1cccc(-c2ccc3nccc(OC)c3c2)c1-c1cccc(C2CC2C)c1. The fourth-order valence-electron chi connectivity index (χ4n) is 4.65. The third-order valence-electron chi connectivity index (χ3n) is 6.48. The fourth-order valence-corrected chi connectivity index (χ4v) is 4.65. The van der Waals surface area contributed by atoms with Gasteiger partial charge < -0.3 is 4.74 Å². The second-order valence-corrected chi connectivity index (χ2v) is 8.38. The van der Waals surface area contributed by atoms with Crippen LogP contribution >= 0.6 is 0 Å². The first-order valence-electron chi connectivity index (χ1n) is 10.8. The molecule has 150 valence electrons. The Morgan fingerprint density at radius 2 is 1.80 bits per heavy atom. The van der Waals surface area contributed by atoms with E-state index in [0.717, 1.165) is 34.9 Å². The minimum Gasteiger partial charge on any atom is -0.496 e. The summed E-state index contributed by atoms with van der Waals surface area (Å²) in [4.78, 5) is 4.50. The molecule has 2 atom stereocenters. The molecule has 30 heavy (non-hydrogen) atoms. The molecule has 0 bridgehead atoms. The van der Waals surface area contributed by atoms with Gasteiger partial charge in [0, 0.05) is 11.6 Å². The predicted octanol–water partition coefficient (Wildman–Crippen LogP) is 7.26. The van der Waals surface area contributed by atoms with E-state index in [-0.39, 0.29) is 0 Å². The van der Waals surface area contributed by atoms with E-state index < -0.39 is 0 Å². The molecule has 0 amide bonds. The van der Waals surface area contributed by atoms with Crippen LogP contribution in [0.5, 0.6) is 5.75 Å². The third-order valence-corrected chi connectivity index (χ3v) is 6.48. The van der Waals surface area contributed by atoms with Gasteiger partial charge in [-0.2, -0.15) is 0 Å². The first-order valence-corrected chi connectivity index (χ1v) is 10.8. The number of benzene rings is 3. The Labute approximate surface area is 178 Å². The van der Waals surface area contributed by atoms with Gasteiger partial charge in [-0.25, -0.2) is 0 Å². The molecule has 2 heteroatoms. The minimum atomic E-state index is 0.721. The van der Waals surface area contributed by atoms with Crippen molar-refractivity contribution in [3.8, 4) is 28.0 Å². The zero-order valence-electron chi connectivity index (χ0n) is 17.9. The summed E-state index contributed by atoms with van der Waals surface area (Å²) in [6.45, 7) is 4.59. The quantitative estimate of drug-likeness (QED) is 0.356. The van der Waals surface area contributed by atoms with Crippen molar-refractivity contribution < 1.29 is 4.74 Å². The average molecular weight is 394 g/mol. The van der Waals surface area contributed by atoms with Crippen molar-refractivity contribution in [3.05, 3.63) is 84.1 Å². The lowest BCUT2D eigenvalue weighted by Crippen LogP contribution is -1.94. The van der Waals surface area contributed by atoms with Crippen LogP contribution in [0, 0.1) is 5.92 Å². The maximum absolute atomic E-state index is 5.60. The van der Waals surface area contributed by atoms with Gasteiger partial charge in [0.05, 0.1) is 12.6 Å². The maximum Gasteiger partial charge on any atom is 0.129 e. The molecule has 0 aliphatic heterocycles. The van der Waals surface area contributed by atoms with E-state index in [1.807, 2.05) is 6.07 Å². The highest BCUT2D eigenvalue weighted by Gasteiger charge is 2.34. The van der Waals surface area contributed by atoms with Crippen molar-refractivity contribution in [2.45, 2.75) is 32.6 Å². The summed E-state index contributed by atoms with van der Waals surface area (Å²) in [7, 11) is 1.72. The standard InChI is InChI=1S/C28H27NO/c1-4-19-7-6-10-23(21-11-12-26-25(17-21)27(30-3)13-14-29-26)28(19)22-9-5-8-20(16-22)24-15-18(24)2/h5-14,16-18,24H,4,15H2,1-3H3. The molecule has 1 fully saturated rings. The molecule has 1 saturated carbocycles. The van der Waals surface area contributed by atoms with E-state index in [0.29, 0.717) is 0 Å². The molecular formula is C28H27NO. The molecule has 0 radical (unpaired) electrons. The summed E-state index contributed by atoms with van der Waals surface area (Å²) in [5.41, 5.74) is 8.94. The predicted molar refractivity (Wildman–Crippen MR) is 125 cm³/mol. The summed E-state index contributed by atoms with van der Waals surface area (Å²) in [6, 6.07) is 24.3. The number of hydrogen-bond acceptors (Lipinski definition) is 2. The number of aryl methyl sites for hydroxylation is 1. The van der Waals surface area contributed by atoms with Crippen LogP contribution in [0.1, 0.15) is 37.3 Å². The fraction of sp³-hybridized carbons (Fsp3) is 0.250. The van der Waals surface area contributed by atoms with E-state index in [2.05, 4.69) is 79.5 Å². The highest BCUT2D eigenvalue weighted by molar-refractivity contribution is 5.93. The van der Waals surface area contributed by atoms with Crippen LogP contribution in [0.3, 0.4) is 0 Å². The Kier molecular flexibility index (Phi) is 4.78. The number of fused-ring (bicyclic) bond motifs is 1. The van der Waals surface area contributed by atoms with Crippen molar-refractivity contribution in [3.63, 3.8) is 0 Å². The number of ether oxygens (including phenoxy) is 1. The van der Waals surface area contributed by atoms with Gasteiger partial charge in [-0.3, -0.25) is 4.98 Å². The lowest BCUT2D eigenvalue weighted by Gasteiger charge is -2.16. The lowest BCUT2D eigenvalue weighted by atomic mass is 9.88. The van der Waals surface area contributed by atoms with Gasteiger partial charge in [0.15, 0.2) is 0 Å². The Morgan fingerprint density at radius 1 is 0.967 bits per heavy atom. The van der Waals surface area contributed by atoms with Crippen molar-refractivity contribution in [1.29, 1.82) is 0 Å². The Hall–Kier alpha value is -3.13.